The number of allylic oxidation sites excluding steroid dienone is 2. The Labute approximate surface area is 251 Å². The number of fused-ring (bicyclic) bond motifs is 9. The van der Waals surface area contributed by atoms with Gasteiger partial charge in [0.05, 0.1) is 10.9 Å². The van der Waals surface area contributed by atoms with Gasteiger partial charge in [0.25, 0.3) is 0 Å². The van der Waals surface area contributed by atoms with Crippen molar-refractivity contribution in [3.63, 3.8) is 0 Å². The van der Waals surface area contributed by atoms with Crippen molar-refractivity contribution < 1.29 is 0 Å². The summed E-state index contributed by atoms with van der Waals surface area (Å²) in [6.45, 7) is 1.59. The second kappa shape index (κ2) is 9.40. The smallest absolute Gasteiger partial charge is 0.0572 e. The Bertz CT molecular complexity index is 2050. The number of nitrogens with zero attached hydrogens (tertiary/aromatic N) is 4. The summed E-state index contributed by atoms with van der Waals surface area (Å²) in [5, 5.41) is 2.44. The van der Waals surface area contributed by atoms with Crippen LogP contribution in [0.5, 0.6) is 0 Å². The number of rotatable bonds is 4. The maximum absolute atomic E-state index is 4.59. The lowest BCUT2D eigenvalue weighted by molar-refractivity contribution is 0.456. The SMILES string of the molecule is C1=CC2=CC(CC=N1)c1ccccc1N2CC1(Cn2c3ccccc3c3cnccc32)c2ccccc2-c2ccccc21. The van der Waals surface area contributed by atoms with Gasteiger partial charge in [0, 0.05) is 71.5 Å². The quantitative estimate of drug-likeness (QED) is 0.219. The average molecular weight is 555 g/mol. The zero-order valence-corrected chi connectivity index (χ0v) is 23.8. The number of pyridine rings is 1. The van der Waals surface area contributed by atoms with Crippen LogP contribution in [0.25, 0.3) is 32.9 Å². The van der Waals surface area contributed by atoms with E-state index in [9.17, 15) is 0 Å². The predicted molar refractivity (Wildman–Crippen MR) is 177 cm³/mol. The summed E-state index contributed by atoms with van der Waals surface area (Å²) >= 11 is 0. The maximum Gasteiger partial charge on any atom is 0.0572 e. The van der Waals surface area contributed by atoms with Gasteiger partial charge in [-0.3, -0.25) is 9.98 Å². The summed E-state index contributed by atoms with van der Waals surface area (Å²) in [6, 6.07) is 38.0. The molecule has 0 N–H and O–H groups in total. The third kappa shape index (κ3) is 3.56. The van der Waals surface area contributed by atoms with Crippen molar-refractivity contribution in [3.05, 3.63) is 156 Å². The number of para-hydroxylation sites is 2. The largest absolute Gasteiger partial charge is 0.340 e. The molecule has 2 bridgehead atoms. The van der Waals surface area contributed by atoms with Crippen LogP contribution in [-0.4, -0.2) is 22.3 Å². The number of anilines is 1. The van der Waals surface area contributed by atoms with E-state index in [2.05, 4.69) is 135 Å². The molecular formula is C39H30N4. The van der Waals surface area contributed by atoms with Gasteiger partial charge >= 0.3 is 0 Å². The van der Waals surface area contributed by atoms with E-state index in [-0.39, 0.29) is 5.41 Å². The van der Waals surface area contributed by atoms with E-state index in [4.69, 9.17) is 0 Å². The Morgan fingerprint density at radius 3 is 2.30 bits per heavy atom. The molecule has 1 unspecified atom stereocenters. The van der Waals surface area contributed by atoms with Gasteiger partial charge in [0.1, 0.15) is 0 Å². The summed E-state index contributed by atoms with van der Waals surface area (Å²) in [5.41, 5.74) is 11.4. The predicted octanol–water partition coefficient (Wildman–Crippen LogP) is 8.63. The third-order valence-corrected chi connectivity index (χ3v) is 9.71. The van der Waals surface area contributed by atoms with Crippen molar-refractivity contribution in [2.45, 2.75) is 24.3 Å². The molecule has 9 rings (SSSR count). The molecule has 6 aromatic rings. The summed E-state index contributed by atoms with van der Waals surface area (Å²) in [5.74, 6) is 0.320. The molecule has 4 heterocycles. The average Bonchev–Trinajstić information content (AvgIpc) is 3.51. The van der Waals surface area contributed by atoms with Crippen LogP contribution < -0.4 is 4.90 Å². The molecule has 1 atom stereocenters. The van der Waals surface area contributed by atoms with Crippen molar-refractivity contribution in [1.82, 2.24) is 9.55 Å². The zero-order chi connectivity index (χ0) is 28.4. The Morgan fingerprint density at radius 2 is 1.44 bits per heavy atom. The molecule has 0 spiro atoms. The molecule has 3 aliphatic rings. The third-order valence-electron chi connectivity index (χ3n) is 9.71. The minimum absolute atomic E-state index is 0.320. The van der Waals surface area contributed by atoms with E-state index in [1.165, 1.54) is 61.0 Å². The highest BCUT2D eigenvalue weighted by Gasteiger charge is 2.46. The van der Waals surface area contributed by atoms with E-state index >= 15 is 0 Å². The van der Waals surface area contributed by atoms with Crippen LogP contribution in [0.3, 0.4) is 0 Å². The van der Waals surface area contributed by atoms with Crippen LogP contribution in [0, 0.1) is 0 Å². The van der Waals surface area contributed by atoms with Crippen molar-refractivity contribution in [1.29, 1.82) is 0 Å². The molecule has 1 aliphatic carbocycles. The molecule has 2 aliphatic heterocycles. The van der Waals surface area contributed by atoms with Gasteiger partial charge < -0.3 is 9.47 Å². The fourth-order valence-corrected chi connectivity index (χ4v) is 7.86. The number of hydrogen-bond acceptors (Lipinski definition) is 3. The van der Waals surface area contributed by atoms with Gasteiger partial charge in [0.2, 0.25) is 0 Å². The Kier molecular flexibility index (Phi) is 5.33. The fourth-order valence-electron chi connectivity index (χ4n) is 7.86. The molecular weight excluding hydrogens is 524 g/mol. The molecule has 43 heavy (non-hydrogen) atoms. The second-order valence-electron chi connectivity index (χ2n) is 11.9. The van der Waals surface area contributed by atoms with Crippen molar-refractivity contribution in [2.75, 3.05) is 11.4 Å². The minimum Gasteiger partial charge on any atom is -0.340 e. The first-order chi connectivity index (χ1) is 21.3. The van der Waals surface area contributed by atoms with Gasteiger partial charge in [-0.25, -0.2) is 0 Å². The first-order valence-electron chi connectivity index (χ1n) is 15.1. The molecule has 0 amide bonds. The first kappa shape index (κ1) is 24.4. The first-order valence-corrected chi connectivity index (χ1v) is 15.1. The molecule has 0 saturated carbocycles. The van der Waals surface area contributed by atoms with E-state index in [1.54, 1.807) is 0 Å². The van der Waals surface area contributed by atoms with Crippen LogP contribution in [0.1, 0.15) is 29.0 Å². The molecule has 206 valence electrons. The van der Waals surface area contributed by atoms with Crippen molar-refractivity contribution in [3.8, 4) is 11.1 Å². The van der Waals surface area contributed by atoms with Gasteiger partial charge in [0.15, 0.2) is 0 Å². The van der Waals surface area contributed by atoms with E-state index in [1.807, 2.05) is 24.8 Å². The fraction of sp³-hybridized carbons (Fsp3) is 0.128. The highest BCUT2D eigenvalue weighted by atomic mass is 15.2. The van der Waals surface area contributed by atoms with Crippen molar-refractivity contribution >= 4 is 33.7 Å². The zero-order valence-electron chi connectivity index (χ0n) is 23.8. The van der Waals surface area contributed by atoms with Crippen LogP contribution in [-0.2, 0) is 12.0 Å². The maximum atomic E-state index is 4.59. The minimum atomic E-state index is -0.328. The lowest BCUT2D eigenvalue weighted by Gasteiger charge is -2.42. The standard InChI is InChI=1S/C39H30N4/c1-5-13-34-30(10-1)31-11-2-6-14-35(31)39(34,26-43-37-16-8-4-12-32(37)33-24-41-22-19-38(33)43)25-42-28-18-21-40-20-17-27(23-28)29-9-3-7-15-36(29)42/h1-16,18-24,27H,17,25-26H2. The van der Waals surface area contributed by atoms with Crippen LogP contribution >= 0.6 is 0 Å². The van der Waals surface area contributed by atoms with Crippen molar-refractivity contribution in [2.24, 2.45) is 4.99 Å². The number of aliphatic imine (C=N–C) groups is 1. The topological polar surface area (TPSA) is 33.4 Å². The normalized spacial score (nSPS) is 17.7. The van der Waals surface area contributed by atoms with Crippen LogP contribution in [0.4, 0.5) is 5.69 Å². The summed E-state index contributed by atoms with van der Waals surface area (Å²) < 4.78 is 2.54. The Balaban J connectivity index is 1.32. The lowest BCUT2D eigenvalue weighted by Crippen LogP contribution is -2.44. The molecule has 4 heteroatoms. The highest BCUT2D eigenvalue weighted by molar-refractivity contribution is 6.07. The molecule has 0 radical (unpaired) electrons. The van der Waals surface area contributed by atoms with Gasteiger partial charge in [-0.1, -0.05) is 91.0 Å². The second-order valence-corrected chi connectivity index (χ2v) is 11.9. The number of benzene rings is 4. The van der Waals surface area contributed by atoms with Crippen LogP contribution in [0.2, 0.25) is 0 Å². The van der Waals surface area contributed by atoms with Gasteiger partial charge in [-0.2, -0.15) is 0 Å². The monoisotopic (exact) mass is 554 g/mol. The Hall–Kier alpha value is -5.22. The lowest BCUT2D eigenvalue weighted by atomic mass is 9.76. The van der Waals surface area contributed by atoms with E-state index < -0.39 is 0 Å². The molecule has 0 saturated heterocycles. The van der Waals surface area contributed by atoms with E-state index in [0.717, 1.165) is 19.5 Å². The van der Waals surface area contributed by atoms with Crippen LogP contribution in [0.15, 0.2) is 145 Å². The summed E-state index contributed by atoms with van der Waals surface area (Å²) in [4.78, 5) is 11.7. The molecule has 4 nitrogen and oxygen atoms in total. The molecule has 0 fully saturated rings. The number of hydrogen-bond donors (Lipinski definition) is 0. The summed E-state index contributed by atoms with van der Waals surface area (Å²) in [7, 11) is 0. The Morgan fingerprint density at radius 1 is 0.721 bits per heavy atom. The molecule has 4 aromatic carbocycles. The van der Waals surface area contributed by atoms with E-state index in [0.29, 0.717) is 5.92 Å². The highest BCUT2D eigenvalue weighted by Crippen LogP contribution is 2.52. The van der Waals surface area contributed by atoms with Gasteiger partial charge in [-0.15, -0.1) is 0 Å². The summed E-state index contributed by atoms with van der Waals surface area (Å²) in [6.07, 6.45) is 13.5. The van der Waals surface area contributed by atoms with Gasteiger partial charge in [-0.05, 0) is 58.5 Å². The molecule has 2 aromatic heterocycles. The number of aromatic nitrogens is 2.